The number of hydrogen-bond acceptors (Lipinski definition) is 2. The summed E-state index contributed by atoms with van der Waals surface area (Å²) in [6.07, 6.45) is 1.74. The van der Waals surface area contributed by atoms with Crippen LogP contribution in [0.1, 0.15) is 45.4 Å². The number of rotatable bonds is 5. The molecule has 0 aliphatic rings. The molecule has 3 nitrogen and oxygen atoms in total. The van der Waals surface area contributed by atoms with Gasteiger partial charge < -0.3 is 9.73 Å². The van der Waals surface area contributed by atoms with Crippen molar-refractivity contribution in [3.63, 3.8) is 0 Å². The summed E-state index contributed by atoms with van der Waals surface area (Å²) in [6.45, 7) is 6.04. The molecule has 0 bridgehead atoms. The first kappa shape index (κ1) is 13.7. The van der Waals surface area contributed by atoms with Crippen LogP contribution in [0.4, 0.5) is 0 Å². The van der Waals surface area contributed by atoms with Crippen LogP contribution in [0.25, 0.3) is 11.0 Å². The summed E-state index contributed by atoms with van der Waals surface area (Å²) in [5, 5.41) is 4.10. The minimum absolute atomic E-state index is 0.0897. The van der Waals surface area contributed by atoms with Gasteiger partial charge in [-0.2, -0.15) is 0 Å². The average Bonchev–Trinajstić information content (AvgIpc) is 2.84. The zero-order chi connectivity index (χ0) is 13.8. The van der Waals surface area contributed by atoms with Crippen LogP contribution >= 0.6 is 0 Å². The molecule has 1 unspecified atom stereocenters. The van der Waals surface area contributed by atoms with Gasteiger partial charge in [-0.3, -0.25) is 4.79 Å². The van der Waals surface area contributed by atoms with Crippen molar-refractivity contribution >= 4 is 16.9 Å². The summed E-state index contributed by atoms with van der Waals surface area (Å²) in [5.41, 5.74) is 0.862. The van der Waals surface area contributed by atoms with E-state index >= 15 is 0 Å². The zero-order valence-corrected chi connectivity index (χ0v) is 11.8. The van der Waals surface area contributed by atoms with Crippen LogP contribution in [-0.4, -0.2) is 5.91 Å². The number of benzene rings is 1. The van der Waals surface area contributed by atoms with Gasteiger partial charge in [0.25, 0.3) is 0 Å². The van der Waals surface area contributed by atoms with E-state index in [1.165, 1.54) is 0 Å². The summed E-state index contributed by atoms with van der Waals surface area (Å²) in [7, 11) is 0. The van der Waals surface area contributed by atoms with Gasteiger partial charge >= 0.3 is 0 Å². The number of carbonyl (C=O) groups excluding carboxylic acids is 1. The summed E-state index contributed by atoms with van der Waals surface area (Å²) < 4.78 is 5.76. The fourth-order valence-electron chi connectivity index (χ4n) is 2.28. The van der Waals surface area contributed by atoms with E-state index in [1.54, 1.807) is 0 Å². The summed E-state index contributed by atoms with van der Waals surface area (Å²) >= 11 is 0. The fourth-order valence-corrected chi connectivity index (χ4v) is 2.28. The van der Waals surface area contributed by atoms with Crippen molar-refractivity contribution in [2.75, 3.05) is 0 Å². The van der Waals surface area contributed by atoms with Crippen molar-refractivity contribution in [3.05, 3.63) is 36.1 Å². The zero-order valence-electron chi connectivity index (χ0n) is 11.8. The number of para-hydroxylation sites is 1. The quantitative estimate of drug-likeness (QED) is 0.880. The number of amides is 1. The molecule has 1 N–H and O–H groups in total. The van der Waals surface area contributed by atoms with Gasteiger partial charge in [-0.25, -0.2) is 0 Å². The molecule has 2 aromatic rings. The van der Waals surface area contributed by atoms with Crippen LogP contribution in [0.5, 0.6) is 0 Å². The van der Waals surface area contributed by atoms with E-state index in [4.69, 9.17) is 4.42 Å². The average molecular weight is 259 g/mol. The third-order valence-corrected chi connectivity index (χ3v) is 3.59. The highest BCUT2D eigenvalue weighted by atomic mass is 16.3. The van der Waals surface area contributed by atoms with Crippen LogP contribution in [0, 0.1) is 5.92 Å². The second-order valence-electron chi connectivity index (χ2n) is 4.93. The van der Waals surface area contributed by atoms with E-state index in [-0.39, 0.29) is 17.9 Å². The molecule has 0 aliphatic heterocycles. The Morgan fingerprint density at radius 3 is 2.58 bits per heavy atom. The van der Waals surface area contributed by atoms with E-state index in [0.29, 0.717) is 0 Å². The van der Waals surface area contributed by atoms with E-state index in [9.17, 15) is 4.79 Å². The summed E-state index contributed by atoms with van der Waals surface area (Å²) in [6, 6.07) is 9.78. The van der Waals surface area contributed by atoms with Crippen LogP contribution in [-0.2, 0) is 4.79 Å². The highest BCUT2D eigenvalue weighted by Gasteiger charge is 2.19. The lowest BCUT2D eigenvalue weighted by Gasteiger charge is -2.16. The predicted octanol–water partition coefficient (Wildman–Crippen LogP) is 4.05. The van der Waals surface area contributed by atoms with Crippen molar-refractivity contribution in [1.82, 2.24) is 5.32 Å². The van der Waals surface area contributed by atoms with Gasteiger partial charge in [0.05, 0.1) is 6.04 Å². The highest BCUT2D eigenvalue weighted by Crippen LogP contribution is 2.24. The number of furan rings is 1. The van der Waals surface area contributed by atoms with E-state index < -0.39 is 0 Å². The van der Waals surface area contributed by atoms with Gasteiger partial charge in [-0.05, 0) is 31.9 Å². The second kappa shape index (κ2) is 5.91. The van der Waals surface area contributed by atoms with Gasteiger partial charge in [0.2, 0.25) is 5.91 Å². The molecule has 19 heavy (non-hydrogen) atoms. The van der Waals surface area contributed by atoms with Crippen LogP contribution < -0.4 is 5.32 Å². The lowest BCUT2D eigenvalue weighted by molar-refractivity contribution is -0.126. The molecule has 1 aromatic heterocycles. The highest BCUT2D eigenvalue weighted by molar-refractivity contribution is 5.80. The molecular formula is C16H21NO2. The molecule has 0 fully saturated rings. The van der Waals surface area contributed by atoms with Crippen molar-refractivity contribution in [1.29, 1.82) is 0 Å². The smallest absolute Gasteiger partial charge is 0.223 e. The fraction of sp³-hybridized carbons (Fsp3) is 0.438. The number of nitrogens with one attached hydrogen (secondary N) is 1. The maximum atomic E-state index is 12.1. The Morgan fingerprint density at radius 1 is 1.26 bits per heavy atom. The Hall–Kier alpha value is -1.77. The van der Waals surface area contributed by atoms with Crippen molar-refractivity contribution in [3.8, 4) is 0 Å². The third kappa shape index (κ3) is 2.98. The molecular weight excluding hydrogens is 238 g/mol. The van der Waals surface area contributed by atoms with Gasteiger partial charge in [0, 0.05) is 11.3 Å². The molecule has 102 valence electrons. The molecule has 0 spiro atoms. The van der Waals surface area contributed by atoms with Crippen LogP contribution in [0.15, 0.2) is 34.7 Å². The largest absolute Gasteiger partial charge is 0.459 e. The Morgan fingerprint density at radius 2 is 1.95 bits per heavy atom. The second-order valence-corrected chi connectivity index (χ2v) is 4.93. The molecule has 0 saturated carbocycles. The van der Waals surface area contributed by atoms with E-state index in [2.05, 4.69) is 5.32 Å². The van der Waals surface area contributed by atoms with Crippen LogP contribution in [0.2, 0.25) is 0 Å². The van der Waals surface area contributed by atoms with Gasteiger partial charge in [0.15, 0.2) is 0 Å². The van der Waals surface area contributed by atoms with E-state index in [0.717, 1.165) is 29.6 Å². The molecule has 1 amide bonds. The monoisotopic (exact) mass is 259 g/mol. The van der Waals surface area contributed by atoms with Crippen molar-refractivity contribution in [2.24, 2.45) is 5.92 Å². The topological polar surface area (TPSA) is 42.2 Å². The minimum Gasteiger partial charge on any atom is -0.459 e. The first-order chi connectivity index (χ1) is 9.15. The third-order valence-electron chi connectivity index (χ3n) is 3.59. The Bertz CT molecular complexity index is 522. The normalized spacial score (nSPS) is 12.8. The summed E-state index contributed by atoms with van der Waals surface area (Å²) in [5.74, 6) is 1.00. The molecule has 0 aliphatic carbocycles. The van der Waals surface area contributed by atoms with Crippen molar-refractivity contribution in [2.45, 2.75) is 39.7 Å². The van der Waals surface area contributed by atoms with Gasteiger partial charge in [0.1, 0.15) is 11.3 Å². The SMILES string of the molecule is CCC(CC)C(=O)NC(C)c1cc2ccccc2o1. The van der Waals surface area contributed by atoms with Gasteiger partial charge in [-0.15, -0.1) is 0 Å². The maximum Gasteiger partial charge on any atom is 0.223 e. The lowest BCUT2D eigenvalue weighted by atomic mass is 10.0. The molecule has 3 heteroatoms. The standard InChI is InChI=1S/C16H21NO2/c1-4-12(5-2)16(18)17-11(3)15-10-13-8-6-7-9-14(13)19-15/h6-12H,4-5H2,1-3H3,(H,17,18). The van der Waals surface area contributed by atoms with E-state index in [1.807, 2.05) is 51.1 Å². The van der Waals surface area contributed by atoms with Crippen LogP contribution in [0.3, 0.4) is 0 Å². The molecule has 0 saturated heterocycles. The Kier molecular flexibility index (Phi) is 4.25. The first-order valence-electron chi connectivity index (χ1n) is 6.94. The Balaban J connectivity index is 2.11. The summed E-state index contributed by atoms with van der Waals surface area (Å²) in [4.78, 5) is 12.1. The predicted molar refractivity (Wildman–Crippen MR) is 76.8 cm³/mol. The number of hydrogen-bond donors (Lipinski definition) is 1. The number of carbonyl (C=O) groups is 1. The minimum atomic E-state index is -0.0968. The van der Waals surface area contributed by atoms with Gasteiger partial charge in [-0.1, -0.05) is 32.0 Å². The Labute approximate surface area is 114 Å². The molecule has 1 atom stereocenters. The first-order valence-corrected chi connectivity index (χ1v) is 6.94. The van der Waals surface area contributed by atoms with Crippen molar-refractivity contribution < 1.29 is 9.21 Å². The molecule has 1 heterocycles. The molecule has 0 radical (unpaired) electrons. The molecule has 2 rings (SSSR count). The molecule has 1 aromatic carbocycles. The lowest BCUT2D eigenvalue weighted by Crippen LogP contribution is -2.32. The maximum absolute atomic E-state index is 12.1. The number of fused-ring (bicyclic) bond motifs is 1.